The first-order chi connectivity index (χ1) is 13.6. The Labute approximate surface area is 163 Å². The summed E-state index contributed by atoms with van der Waals surface area (Å²) in [5.74, 6) is -1.97. The molecule has 7 nitrogen and oxygen atoms in total. The lowest BCUT2D eigenvalue weighted by molar-refractivity contribution is -0.176. The van der Waals surface area contributed by atoms with Crippen LogP contribution < -0.4 is 11.1 Å². The summed E-state index contributed by atoms with van der Waals surface area (Å²) < 4.78 is 45.5. The highest BCUT2D eigenvalue weighted by Crippen LogP contribution is 2.16. The Hall–Kier alpha value is -3.40. The highest BCUT2D eigenvalue weighted by atomic mass is 19.4. The predicted molar refractivity (Wildman–Crippen MR) is 96.0 cm³/mol. The van der Waals surface area contributed by atoms with Crippen molar-refractivity contribution >= 4 is 23.5 Å². The minimum absolute atomic E-state index is 0.128. The number of anilines is 1. The number of nitrogens with two attached hydrogens (primary N) is 1. The van der Waals surface area contributed by atoms with Crippen molar-refractivity contribution in [2.75, 3.05) is 18.5 Å². The van der Waals surface area contributed by atoms with E-state index in [4.69, 9.17) is 10.5 Å². The molecule has 0 aromatic heterocycles. The van der Waals surface area contributed by atoms with Crippen molar-refractivity contribution in [2.45, 2.75) is 12.8 Å². The summed E-state index contributed by atoms with van der Waals surface area (Å²) in [4.78, 5) is 34.8. The van der Waals surface area contributed by atoms with Gasteiger partial charge in [0.05, 0.1) is 12.2 Å². The number of benzene rings is 2. The van der Waals surface area contributed by atoms with Crippen molar-refractivity contribution in [1.82, 2.24) is 0 Å². The van der Waals surface area contributed by atoms with Crippen molar-refractivity contribution in [3.63, 3.8) is 0 Å². The van der Waals surface area contributed by atoms with Crippen LogP contribution >= 0.6 is 0 Å². The van der Waals surface area contributed by atoms with E-state index in [1.54, 1.807) is 0 Å². The van der Waals surface area contributed by atoms with E-state index in [-0.39, 0.29) is 17.7 Å². The van der Waals surface area contributed by atoms with E-state index in [0.29, 0.717) is 11.3 Å². The lowest BCUT2D eigenvalue weighted by Gasteiger charge is -2.09. The van der Waals surface area contributed by atoms with Crippen LogP contribution in [-0.4, -0.2) is 37.2 Å². The molecule has 0 spiro atoms. The smallest absolute Gasteiger partial charge is 0.411 e. The molecular formula is C19H17F3N2O5. The summed E-state index contributed by atoms with van der Waals surface area (Å²) in [5.41, 5.74) is 6.36. The van der Waals surface area contributed by atoms with Crippen molar-refractivity contribution in [3.05, 3.63) is 65.2 Å². The Balaban J connectivity index is 1.79. The lowest BCUT2D eigenvalue weighted by Crippen LogP contribution is -2.21. The molecule has 3 N–H and O–H groups in total. The first-order valence-electron chi connectivity index (χ1n) is 8.24. The van der Waals surface area contributed by atoms with Gasteiger partial charge in [-0.2, -0.15) is 13.2 Å². The zero-order chi connectivity index (χ0) is 21.4. The number of esters is 1. The predicted octanol–water partition coefficient (Wildman–Crippen LogP) is 2.66. The number of nitrogens with one attached hydrogen (secondary N) is 1. The Morgan fingerprint density at radius 2 is 1.52 bits per heavy atom. The summed E-state index contributed by atoms with van der Waals surface area (Å²) in [6.07, 6.45) is -4.41. The van der Waals surface area contributed by atoms with E-state index < -0.39 is 37.2 Å². The highest BCUT2D eigenvalue weighted by Gasteiger charge is 2.27. The maximum absolute atomic E-state index is 12.0. The first-order valence-corrected chi connectivity index (χ1v) is 8.24. The molecule has 0 atom stereocenters. The number of carbonyl (C=O) groups excluding carboxylic acids is 3. The van der Waals surface area contributed by atoms with Crippen LogP contribution in [0, 0.1) is 0 Å². The van der Waals surface area contributed by atoms with Gasteiger partial charge in [-0.05, 0) is 42.0 Å². The van der Waals surface area contributed by atoms with E-state index in [1.807, 2.05) is 0 Å². The molecule has 10 heteroatoms. The van der Waals surface area contributed by atoms with Gasteiger partial charge in [0.25, 0.3) is 5.91 Å². The molecule has 2 aromatic rings. The van der Waals surface area contributed by atoms with Gasteiger partial charge in [-0.1, -0.05) is 12.1 Å². The number of alkyl halides is 3. The third-order valence-electron chi connectivity index (χ3n) is 3.51. The third kappa shape index (κ3) is 7.62. The fourth-order valence-electron chi connectivity index (χ4n) is 2.15. The van der Waals surface area contributed by atoms with Gasteiger partial charge in [0.1, 0.15) is 6.61 Å². The summed E-state index contributed by atoms with van der Waals surface area (Å²) in [5, 5.41) is 2.48. The topological polar surface area (TPSA) is 108 Å². The quantitative estimate of drug-likeness (QED) is 0.651. The molecule has 0 unspecified atom stereocenters. The maximum Gasteiger partial charge on any atom is 0.411 e. The van der Waals surface area contributed by atoms with Gasteiger partial charge in [0.15, 0.2) is 6.61 Å². The second-order valence-corrected chi connectivity index (χ2v) is 5.87. The van der Waals surface area contributed by atoms with Crippen molar-refractivity contribution in [3.8, 4) is 0 Å². The van der Waals surface area contributed by atoms with Gasteiger partial charge in [0.2, 0.25) is 5.91 Å². The van der Waals surface area contributed by atoms with Gasteiger partial charge in [-0.3, -0.25) is 9.59 Å². The zero-order valence-electron chi connectivity index (χ0n) is 15.0. The summed E-state index contributed by atoms with van der Waals surface area (Å²) >= 11 is 0. The Morgan fingerprint density at radius 3 is 2.07 bits per heavy atom. The number of amides is 2. The van der Waals surface area contributed by atoms with Crippen LogP contribution in [0.3, 0.4) is 0 Å². The number of hydrogen-bond donors (Lipinski definition) is 2. The standard InChI is InChI=1S/C19H17F3N2O5/c20-19(21,22)11-28-9-12-1-3-14(4-2-12)18(27)29-10-16(25)24-15-7-5-13(6-8-15)17(23)26/h1-8H,9-11H2,(H2,23,26)(H,24,25). The van der Waals surface area contributed by atoms with Crippen LogP contribution in [0.15, 0.2) is 48.5 Å². The van der Waals surface area contributed by atoms with Crippen molar-refractivity contribution in [1.29, 1.82) is 0 Å². The van der Waals surface area contributed by atoms with Crippen LogP contribution in [0.5, 0.6) is 0 Å². The van der Waals surface area contributed by atoms with Gasteiger partial charge in [0, 0.05) is 11.3 Å². The molecule has 0 bridgehead atoms. The number of rotatable bonds is 8. The molecule has 0 heterocycles. The van der Waals surface area contributed by atoms with Crippen LogP contribution in [0.4, 0.5) is 18.9 Å². The fraction of sp³-hybridized carbons (Fsp3) is 0.211. The zero-order valence-corrected chi connectivity index (χ0v) is 15.0. The van der Waals surface area contributed by atoms with Gasteiger partial charge in [-0.15, -0.1) is 0 Å². The largest absolute Gasteiger partial charge is 0.452 e. The molecule has 0 aliphatic heterocycles. The average molecular weight is 410 g/mol. The number of ether oxygens (including phenoxy) is 2. The molecular weight excluding hydrogens is 393 g/mol. The summed E-state index contributed by atoms with van der Waals surface area (Å²) in [6, 6.07) is 11.4. The second kappa shape index (κ2) is 9.69. The normalized spacial score (nSPS) is 11.0. The van der Waals surface area contributed by atoms with E-state index in [9.17, 15) is 27.6 Å². The van der Waals surface area contributed by atoms with Crippen LogP contribution in [-0.2, 0) is 20.9 Å². The van der Waals surface area contributed by atoms with Gasteiger partial charge >= 0.3 is 12.1 Å². The van der Waals surface area contributed by atoms with Gasteiger partial charge in [-0.25, -0.2) is 4.79 Å². The molecule has 0 saturated heterocycles. The number of hydrogen-bond acceptors (Lipinski definition) is 5. The highest BCUT2D eigenvalue weighted by molar-refractivity contribution is 5.96. The Kier molecular flexibility index (Phi) is 7.32. The molecule has 154 valence electrons. The molecule has 0 aliphatic carbocycles. The maximum atomic E-state index is 12.0. The van der Waals surface area contributed by atoms with Crippen LogP contribution in [0.1, 0.15) is 26.3 Å². The molecule has 29 heavy (non-hydrogen) atoms. The Morgan fingerprint density at radius 1 is 0.931 bits per heavy atom. The molecule has 2 rings (SSSR count). The molecule has 2 aromatic carbocycles. The van der Waals surface area contributed by atoms with E-state index in [1.165, 1.54) is 48.5 Å². The van der Waals surface area contributed by atoms with Crippen LogP contribution in [0.25, 0.3) is 0 Å². The van der Waals surface area contributed by atoms with E-state index in [2.05, 4.69) is 10.1 Å². The molecule has 0 radical (unpaired) electrons. The van der Waals surface area contributed by atoms with E-state index in [0.717, 1.165) is 0 Å². The number of primary amides is 1. The minimum atomic E-state index is -4.41. The first kappa shape index (κ1) is 21.9. The molecule has 0 saturated carbocycles. The second-order valence-electron chi connectivity index (χ2n) is 5.87. The third-order valence-corrected chi connectivity index (χ3v) is 3.51. The van der Waals surface area contributed by atoms with Crippen molar-refractivity contribution < 1.29 is 37.0 Å². The minimum Gasteiger partial charge on any atom is -0.452 e. The average Bonchev–Trinajstić information content (AvgIpc) is 2.66. The summed E-state index contributed by atoms with van der Waals surface area (Å²) in [6.45, 7) is -2.17. The summed E-state index contributed by atoms with van der Waals surface area (Å²) in [7, 11) is 0. The number of halogens is 3. The lowest BCUT2D eigenvalue weighted by atomic mass is 10.1. The number of carbonyl (C=O) groups is 3. The molecule has 0 fully saturated rings. The van der Waals surface area contributed by atoms with Gasteiger partial charge < -0.3 is 20.5 Å². The molecule has 2 amide bonds. The fourth-order valence-corrected chi connectivity index (χ4v) is 2.15. The monoisotopic (exact) mass is 410 g/mol. The van der Waals surface area contributed by atoms with E-state index >= 15 is 0 Å². The van der Waals surface area contributed by atoms with Crippen LogP contribution in [0.2, 0.25) is 0 Å². The molecule has 0 aliphatic rings. The SMILES string of the molecule is NC(=O)c1ccc(NC(=O)COC(=O)c2ccc(COCC(F)(F)F)cc2)cc1. The van der Waals surface area contributed by atoms with Crippen molar-refractivity contribution in [2.24, 2.45) is 5.73 Å². The Bertz CT molecular complexity index is 865.